The third-order valence-electron chi connectivity index (χ3n) is 3.06. The van der Waals surface area contributed by atoms with Crippen LogP contribution in [0.2, 0.25) is 5.02 Å². The molecule has 0 saturated heterocycles. The zero-order chi connectivity index (χ0) is 17.7. The highest BCUT2D eigenvalue weighted by atomic mass is 35.5. The maximum Gasteiger partial charge on any atom is 0.342 e. The van der Waals surface area contributed by atoms with E-state index in [0.29, 0.717) is 21.3 Å². The van der Waals surface area contributed by atoms with Gasteiger partial charge in [-0.15, -0.1) is 11.3 Å². The van der Waals surface area contributed by atoms with Crippen molar-refractivity contribution in [2.75, 3.05) is 12.4 Å². The number of methoxy groups -OCH3 is 1. The van der Waals surface area contributed by atoms with Gasteiger partial charge in [-0.2, -0.15) is 5.26 Å². The second kappa shape index (κ2) is 7.81. The largest absolute Gasteiger partial charge is 0.496 e. The van der Waals surface area contributed by atoms with Crippen LogP contribution in [0.3, 0.4) is 0 Å². The molecule has 1 aromatic heterocycles. The number of nitriles is 1. The lowest BCUT2D eigenvalue weighted by atomic mass is 10.2. The highest BCUT2D eigenvalue weighted by molar-refractivity contribution is 7.14. The van der Waals surface area contributed by atoms with E-state index in [1.165, 1.54) is 37.5 Å². The Balaban J connectivity index is 2.07. The van der Waals surface area contributed by atoms with Gasteiger partial charge in [-0.25, -0.2) is 4.79 Å². The molecule has 2 rings (SSSR count). The van der Waals surface area contributed by atoms with Gasteiger partial charge in [0.25, 0.3) is 5.91 Å². The standard InChI is InChI=1S/C16H13ClN2O4S/c1-9(14(20)19-15-10(8-18)5-6-24-15)23-16(21)12-7-11(17)3-4-13(12)22-2/h3-7,9H,1-2H3,(H,19,20)/t9-/m1/s1. The van der Waals surface area contributed by atoms with E-state index in [1.54, 1.807) is 17.5 Å². The first kappa shape index (κ1) is 17.8. The molecule has 0 radical (unpaired) electrons. The van der Waals surface area contributed by atoms with Gasteiger partial charge in [0.15, 0.2) is 6.10 Å². The molecule has 0 aliphatic rings. The molecule has 0 saturated carbocycles. The lowest BCUT2D eigenvalue weighted by Gasteiger charge is -2.14. The number of hydrogen-bond donors (Lipinski definition) is 1. The second-order valence-corrected chi connectivity index (χ2v) is 6.01. The van der Waals surface area contributed by atoms with Crippen molar-refractivity contribution in [2.24, 2.45) is 0 Å². The molecule has 0 aliphatic heterocycles. The lowest BCUT2D eigenvalue weighted by molar-refractivity contribution is -0.123. The number of carbonyl (C=O) groups excluding carboxylic acids is 2. The molecule has 2 aromatic rings. The minimum atomic E-state index is -1.06. The summed E-state index contributed by atoms with van der Waals surface area (Å²) in [5.41, 5.74) is 0.474. The van der Waals surface area contributed by atoms with Gasteiger partial charge in [0.2, 0.25) is 0 Å². The number of halogens is 1. The highest BCUT2D eigenvalue weighted by Gasteiger charge is 2.22. The van der Waals surface area contributed by atoms with Gasteiger partial charge in [-0.05, 0) is 36.6 Å². The van der Waals surface area contributed by atoms with Crippen LogP contribution < -0.4 is 10.1 Å². The molecular formula is C16H13ClN2O4S. The second-order valence-electron chi connectivity index (χ2n) is 4.66. The fourth-order valence-electron chi connectivity index (χ4n) is 1.82. The van der Waals surface area contributed by atoms with Crippen molar-refractivity contribution in [3.63, 3.8) is 0 Å². The molecule has 8 heteroatoms. The number of carbonyl (C=O) groups is 2. The van der Waals surface area contributed by atoms with E-state index in [2.05, 4.69) is 5.32 Å². The normalized spacial score (nSPS) is 11.2. The first-order valence-corrected chi connectivity index (χ1v) is 8.05. The number of esters is 1. The topological polar surface area (TPSA) is 88.4 Å². The number of hydrogen-bond acceptors (Lipinski definition) is 6. The summed E-state index contributed by atoms with van der Waals surface area (Å²) in [6.45, 7) is 1.43. The third kappa shape index (κ3) is 4.04. The first-order chi connectivity index (χ1) is 11.5. The van der Waals surface area contributed by atoms with Gasteiger partial charge < -0.3 is 14.8 Å². The first-order valence-electron chi connectivity index (χ1n) is 6.79. The lowest BCUT2D eigenvalue weighted by Crippen LogP contribution is -2.30. The molecule has 0 spiro atoms. The number of benzene rings is 1. The zero-order valence-corrected chi connectivity index (χ0v) is 14.4. The van der Waals surface area contributed by atoms with Crippen LogP contribution in [0.5, 0.6) is 5.75 Å². The Morgan fingerprint density at radius 2 is 2.12 bits per heavy atom. The Labute approximate surface area is 147 Å². The van der Waals surface area contributed by atoms with E-state index in [4.69, 9.17) is 26.3 Å². The summed E-state index contributed by atoms with van der Waals surface area (Å²) in [5.74, 6) is -0.978. The van der Waals surface area contributed by atoms with Crippen molar-refractivity contribution in [1.29, 1.82) is 5.26 Å². The average Bonchev–Trinajstić information content (AvgIpc) is 3.01. The Kier molecular flexibility index (Phi) is 5.79. The number of ether oxygens (including phenoxy) is 2. The van der Waals surface area contributed by atoms with Crippen LogP contribution in [0, 0.1) is 11.3 Å². The summed E-state index contributed by atoms with van der Waals surface area (Å²) in [6, 6.07) is 8.07. The summed E-state index contributed by atoms with van der Waals surface area (Å²) in [5, 5.41) is 13.9. The van der Waals surface area contributed by atoms with Crippen molar-refractivity contribution in [3.8, 4) is 11.8 Å². The number of rotatable bonds is 5. The van der Waals surface area contributed by atoms with Gasteiger partial charge in [0.1, 0.15) is 22.4 Å². The van der Waals surface area contributed by atoms with Crippen LogP contribution >= 0.6 is 22.9 Å². The number of nitrogens with one attached hydrogen (secondary N) is 1. The highest BCUT2D eigenvalue weighted by Crippen LogP contribution is 2.25. The molecule has 1 atom stereocenters. The molecule has 1 amide bonds. The molecule has 6 nitrogen and oxygen atoms in total. The summed E-state index contributed by atoms with van der Waals surface area (Å²) in [7, 11) is 1.41. The molecule has 1 heterocycles. The molecule has 24 heavy (non-hydrogen) atoms. The number of thiophene rings is 1. The molecular weight excluding hydrogens is 352 g/mol. The Morgan fingerprint density at radius 3 is 2.79 bits per heavy atom. The Morgan fingerprint density at radius 1 is 1.38 bits per heavy atom. The third-order valence-corrected chi connectivity index (χ3v) is 4.12. The van der Waals surface area contributed by atoms with Gasteiger partial charge in [-0.1, -0.05) is 11.6 Å². The van der Waals surface area contributed by atoms with Crippen LogP contribution in [0.1, 0.15) is 22.8 Å². The smallest absolute Gasteiger partial charge is 0.342 e. The predicted molar refractivity (Wildman–Crippen MR) is 90.5 cm³/mol. The van der Waals surface area contributed by atoms with Gasteiger partial charge in [-0.3, -0.25) is 4.79 Å². The number of anilines is 1. The molecule has 0 aliphatic carbocycles. The Bertz CT molecular complexity index is 813. The van der Waals surface area contributed by atoms with Crippen molar-refractivity contribution in [3.05, 3.63) is 45.8 Å². The number of amides is 1. The molecule has 124 valence electrons. The van der Waals surface area contributed by atoms with E-state index in [9.17, 15) is 9.59 Å². The van der Waals surface area contributed by atoms with Crippen LogP contribution in [-0.4, -0.2) is 25.1 Å². The predicted octanol–water partition coefficient (Wildman–Crippen LogP) is 3.47. The SMILES string of the molecule is COc1ccc(Cl)cc1C(=O)O[C@H](C)C(=O)Nc1sccc1C#N. The molecule has 0 fully saturated rings. The maximum atomic E-state index is 12.2. The summed E-state index contributed by atoms with van der Waals surface area (Å²) in [6.07, 6.45) is -1.06. The minimum Gasteiger partial charge on any atom is -0.496 e. The van der Waals surface area contributed by atoms with Crippen molar-refractivity contribution in [1.82, 2.24) is 0 Å². The summed E-state index contributed by atoms with van der Waals surface area (Å²) < 4.78 is 10.2. The fraction of sp³-hybridized carbons (Fsp3) is 0.188. The zero-order valence-electron chi connectivity index (χ0n) is 12.8. The van der Waals surface area contributed by atoms with Crippen molar-refractivity contribution >= 4 is 39.8 Å². The van der Waals surface area contributed by atoms with Crippen LogP contribution in [-0.2, 0) is 9.53 Å². The van der Waals surface area contributed by atoms with E-state index >= 15 is 0 Å². The quantitative estimate of drug-likeness (QED) is 0.820. The van der Waals surface area contributed by atoms with Crippen molar-refractivity contribution in [2.45, 2.75) is 13.0 Å². The van der Waals surface area contributed by atoms with Crippen molar-refractivity contribution < 1.29 is 19.1 Å². The fourth-order valence-corrected chi connectivity index (χ4v) is 2.74. The maximum absolute atomic E-state index is 12.2. The monoisotopic (exact) mass is 364 g/mol. The average molecular weight is 365 g/mol. The van der Waals surface area contributed by atoms with Gasteiger partial charge in [0.05, 0.1) is 12.7 Å². The molecule has 0 bridgehead atoms. The minimum absolute atomic E-state index is 0.124. The van der Waals surface area contributed by atoms with E-state index < -0.39 is 18.0 Å². The van der Waals surface area contributed by atoms with Gasteiger partial charge in [0, 0.05) is 5.02 Å². The van der Waals surface area contributed by atoms with E-state index in [0.717, 1.165) is 0 Å². The van der Waals surface area contributed by atoms with Gasteiger partial charge >= 0.3 is 5.97 Å². The molecule has 0 unspecified atom stereocenters. The molecule has 1 N–H and O–H groups in total. The van der Waals surface area contributed by atoms with Crippen LogP contribution in [0.4, 0.5) is 5.00 Å². The van der Waals surface area contributed by atoms with E-state index in [-0.39, 0.29) is 5.56 Å². The van der Waals surface area contributed by atoms with Crippen LogP contribution in [0.15, 0.2) is 29.6 Å². The summed E-state index contributed by atoms with van der Waals surface area (Å²) >= 11 is 7.08. The summed E-state index contributed by atoms with van der Waals surface area (Å²) in [4.78, 5) is 24.3. The molecule has 1 aromatic carbocycles. The van der Waals surface area contributed by atoms with Crippen LogP contribution in [0.25, 0.3) is 0 Å². The number of nitrogens with zero attached hydrogens (tertiary/aromatic N) is 1. The van der Waals surface area contributed by atoms with E-state index in [1.807, 2.05) is 6.07 Å². The Hall–Kier alpha value is -2.56.